The first kappa shape index (κ1) is 19.6. The van der Waals surface area contributed by atoms with Crippen LogP contribution in [-0.4, -0.2) is 36.5 Å². The molecule has 1 aromatic rings. The Morgan fingerprint density at radius 2 is 1.97 bits per heavy atom. The molecule has 29 heavy (non-hydrogen) atoms. The van der Waals surface area contributed by atoms with Crippen LogP contribution in [0, 0.1) is 11.8 Å². The first-order valence-corrected chi connectivity index (χ1v) is 12.2. The standard InChI is InChI=1S/C26H38N2O/c1-28(25(29)14-11-19-7-3-2-4-8-19)21-12-13-23-24-17-20-9-5-6-10-22(20)26(23,18-21)15-16-27-24/h5-6,9-10,19,21,23-24,27H,2-4,7-8,11-18H2,1H3/t21-,23-,24+,26+/m0/s1. The van der Waals surface area contributed by atoms with Gasteiger partial charge in [-0.1, -0.05) is 56.4 Å². The smallest absolute Gasteiger partial charge is 0.222 e. The van der Waals surface area contributed by atoms with Crippen LogP contribution in [0.5, 0.6) is 0 Å². The molecule has 2 bridgehead atoms. The number of rotatable bonds is 4. The van der Waals surface area contributed by atoms with E-state index >= 15 is 0 Å². The van der Waals surface area contributed by atoms with Crippen LogP contribution >= 0.6 is 0 Å². The van der Waals surface area contributed by atoms with Gasteiger partial charge in [0.05, 0.1) is 0 Å². The largest absolute Gasteiger partial charge is 0.343 e. The monoisotopic (exact) mass is 394 g/mol. The molecule has 158 valence electrons. The second-order valence-corrected chi connectivity index (χ2v) is 10.4. The highest BCUT2D eigenvalue weighted by Gasteiger charge is 2.53. The van der Waals surface area contributed by atoms with E-state index in [1.807, 2.05) is 0 Å². The van der Waals surface area contributed by atoms with E-state index in [1.165, 1.54) is 64.2 Å². The van der Waals surface area contributed by atoms with Crippen molar-refractivity contribution in [1.82, 2.24) is 10.2 Å². The van der Waals surface area contributed by atoms with E-state index in [1.54, 1.807) is 11.1 Å². The van der Waals surface area contributed by atoms with Gasteiger partial charge < -0.3 is 10.2 Å². The van der Waals surface area contributed by atoms with Crippen molar-refractivity contribution in [1.29, 1.82) is 0 Å². The summed E-state index contributed by atoms with van der Waals surface area (Å²) in [7, 11) is 2.10. The number of hydrogen-bond donors (Lipinski definition) is 1. The number of fused-ring (bicyclic) bond motifs is 1. The lowest BCUT2D eigenvalue weighted by molar-refractivity contribution is -0.134. The lowest BCUT2D eigenvalue weighted by Gasteiger charge is -2.58. The van der Waals surface area contributed by atoms with Crippen molar-refractivity contribution in [3.63, 3.8) is 0 Å². The highest BCUT2D eigenvalue weighted by atomic mass is 16.2. The minimum Gasteiger partial charge on any atom is -0.343 e. The molecule has 1 saturated heterocycles. The number of nitrogens with one attached hydrogen (secondary N) is 1. The van der Waals surface area contributed by atoms with Crippen LogP contribution in [0.3, 0.4) is 0 Å². The Labute approximate surface area is 176 Å². The van der Waals surface area contributed by atoms with Crippen molar-refractivity contribution in [3.05, 3.63) is 35.4 Å². The Morgan fingerprint density at radius 1 is 1.14 bits per heavy atom. The number of benzene rings is 1. The second-order valence-electron chi connectivity index (χ2n) is 10.4. The topological polar surface area (TPSA) is 32.3 Å². The quantitative estimate of drug-likeness (QED) is 0.793. The van der Waals surface area contributed by atoms with E-state index in [0.29, 0.717) is 18.0 Å². The van der Waals surface area contributed by atoms with Gasteiger partial charge in [-0.2, -0.15) is 0 Å². The first-order chi connectivity index (χ1) is 14.2. The molecule has 0 spiro atoms. The van der Waals surface area contributed by atoms with Crippen molar-refractivity contribution in [2.24, 2.45) is 11.8 Å². The van der Waals surface area contributed by atoms with E-state index in [4.69, 9.17) is 0 Å². The number of nitrogens with zero attached hydrogens (tertiary/aromatic N) is 1. The molecule has 3 nitrogen and oxygen atoms in total. The van der Waals surface area contributed by atoms with Gasteiger partial charge in [-0.05, 0) is 68.0 Å². The molecular formula is C26H38N2O. The molecule has 0 unspecified atom stereocenters. The van der Waals surface area contributed by atoms with Crippen molar-refractivity contribution < 1.29 is 4.79 Å². The molecule has 1 N–H and O–H groups in total. The predicted octanol–water partition coefficient (Wildman–Crippen LogP) is 4.83. The fraction of sp³-hybridized carbons (Fsp3) is 0.731. The molecule has 3 heteroatoms. The highest BCUT2D eigenvalue weighted by Crippen LogP contribution is 2.54. The summed E-state index contributed by atoms with van der Waals surface area (Å²) in [5.74, 6) is 1.93. The van der Waals surface area contributed by atoms with Gasteiger partial charge >= 0.3 is 0 Å². The van der Waals surface area contributed by atoms with Crippen LogP contribution in [0.2, 0.25) is 0 Å². The fourth-order valence-corrected chi connectivity index (χ4v) is 7.41. The van der Waals surface area contributed by atoms with Crippen molar-refractivity contribution in [2.45, 2.75) is 94.5 Å². The third-order valence-corrected chi connectivity index (χ3v) is 9.01. The molecule has 2 saturated carbocycles. The van der Waals surface area contributed by atoms with Crippen molar-refractivity contribution in [2.75, 3.05) is 13.6 Å². The Bertz CT molecular complexity index is 740. The molecule has 1 amide bonds. The van der Waals surface area contributed by atoms with E-state index in [9.17, 15) is 4.79 Å². The lowest BCUT2D eigenvalue weighted by atomic mass is 9.52. The van der Waals surface area contributed by atoms with Crippen LogP contribution in [0.4, 0.5) is 0 Å². The number of amides is 1. The molecule has 3 fully saturated rings. The zero-order chi connectivity index (χ0) is 19.8. The Morgan fingerprint density at radius 3 is 2.83 bits per heavy atom. The average Bonchev–Trinajstić information content (AvgIpc) is 2.77. The van der Waals surface area contributed by atoms with Gasteiger partial charge in [-0.3, -0.25) is 4.79 Å². The van der Waals surface area contributed by atoms with Gasteiger partial charge in [-0.25, -0.2) is 0 Å². The van der Waals surface area contributed by atoms with Crippen LogP contribution in [0.15, 0.2) is 24.3 Å². The third kappa shape index (κ3) is 3.54. The molecule has 4 aliphatic rings. The van der Waals surface area contributed by atoms with E-state index < -0.39 is 0 Å². The number of piperidine rings is 1. The van der Waals surface area contributed by atoms with Crippen LogP contribution < -0.4 is 5.32 Å². The highest BCUT2D eigenvalue weighted by molar-refractivity contribution is 5.76. The molecule has 0 radical (unpaired) electrons. The van der Waals surface area contributed by atoms with Gasteiger partial charge in [0.15, 0.2) is 0 Å². The second kappa shape index (κ2) is 8.06. The molecule has 4 atom stereocenters. The predicted molar refractivity (Wildman–Crippen MR) is 118 cm³/mol. The summed E-state index contributed by atoms with van der Waals surface area (Å²) in [6.07, 6.45) is 14.7. The fourth-order valence-electron chi connectivity index (χ4n) is 7.41. The van der Waals surface area contributed by atoms with Gasteiger partial charge in [0.25, 0.3) is 0 Å². The maximum atomic E-state index is 13.1. The summed E-state index contributed by atoms with van der Waals surface area (Å²) in [5.41, 5.74) is 3.44. The molecule has 1 aromatic carbocycles. The van der Waals surface area contributed by atoms with E-state index in [0.717, 1.165) is 31.2 Å². The zero-order valence-electron chi connectivity index (χ0n) is 18.2. The van der Waals surface area contributed by atoms with Crippen LogP contribution in [0.1, 0.15) is 81.8 Å². The van der Waals surface area contributed by atoms with Crippen LogP contribution in [0.25, 0.3) is 0 Å². The molecule has 5 rings (SSSR count). The number of carbonyl (C=O) groups is 1. The Hall–Kier alpha value is -1.35. The SMILES string of the molecule is CN(C(=O)CCC1CCCCC1)[C@H]1CC[C@H]2[C@H]3Cc4ccccc4[C@@]2(CCN3)C1. The minimum atomic E-state index is 0.283. The maximum absolute atomic E-state index is 13.1. The Balaban J connectivity index is 1.30. The molecule has 1 aliphatic heterocycles. The lowest BCUT2D eigenvalue weighted by Crippen LogP contribution is -2.62. The van der Waals surface area contributed by atoms with Crippen molar-refractivity contribution in [3.8, 4) is 0 Å². The minimum absolute atomic E-state index is 0.283. The first-order valence-electron chi connectivity index (χ1n) is 12.2. The zero-order valence-corrected chi connectivity index (χ0v) is 18.2. The van der Waals surface area contributed by atoms with E-state index in [-0.39, 0.29) is 5.41 Å². The van der Waals surface area contributed by atoms with Gasteiger partial charge in [-0.15, -0.1) is 0 Å². The van der Waals surface area contributed by atoms with Gasteiger partial charge in [0.1, 0.15) is 0 Å². The van der Waals surface area contributed by atoms with E-state index in [2.05, 4.69) is 41.5 Å². The molecule has 0 aromatic heterocycles. The average molecular weight is 395 g/mol. The summed E-state index contributed by atoms with van der Waals surface area (Å²) in [6, 6.07) is 10.2. The Kier molecular flexibility index (Phi) is 5.45. The van der Waals surface area contributed by atoms with Crippen LogP contribution in [-0.2, 0) is 16.6 Å². The summed E-state index contributed by atoms with van der Waals surface area (Å²) in [6.45, 7) is 1.13. The molecule has 3 aliphatic carbocycles. The summed E-state index contributed by atoms with van der Waals surface area (Å²) < 4.78 is 0. The summed E-state index contributed by atoms with van der Waals surface area (Å²) in [4.78, 5) is 15.2. The maximum Gasteiger partial charge on any atom is 0.222 e. The van der Waals surface area contributed by atoms with Crippen molar-refractivity contribution >= 4 is 5.91 Å². The summed E-state index contributed by atoms with van der Waals surface area (Å²) >= 11 is 0. The third-order valence-electron chi connectivity index (χ3n) is 9.01. The molecular weight excluding hydrogens is 356 g/mol. The number of hydrogen-bond acceptors (Lipinski definition) is 2. The normalized spacial score (nSPS) is 34.2. The number of carbonyl (C=O) groups excluding carboxylic acids is 1. The molecule has 1 heterocycles. The van der Waals surface area contributed by atoms with Gasteiger partial charge in [0, 0.05) is 31.0 Å². The van der Waals surface area contributed by atoms with Gasteiger partial charge in [0.2, 0.25) is 5.91 Å². The summed E-state index contributed by atoms with van der Waals surface area (Å²) in [5, 5.41) is 3.83.